The SMILES string of the molecule is N#Cc1ccc(CNC(c2cccs2)C2CCCC2)cc1. The van der Waals surface area contributed by atoms with Gasteiger partial charge in [0.15, 0.2) is 0 Å². The Kier molecular flexibility index (Phi) is 4.69. The maximum Gasteiger partial charge on any atom is 0.0991 e. The fourth-order valence-corrected chi connectivity index (χ4v) is 4.08. The van der Waals surface area contributed by atoms with Crippen molar-refractivity contribution < 1.29 is 0 Å². The fraction of sp³-hybridized carbons (Fsp3) is 0.389. The zero-order chi connectivity index (χ0) is 14.5. The van der Waals surface area contributed by atoms with E-state index in [0.717, 1.165) is 18.0 Å². The molecule has 0 bridgehead atoms. The molecule has 2 nitrogen and oxygen atoms in total. The Morgan fingerprint density at radius 3 is 2.57 bits per heavy atom. The van der Waals surface area contributed by atoms with Gasteiger partial charge in [-0.05, 0) is 47.9 Å². The van der Waals surface area contributed by atoms with E-state index in [1.807, 2.05) is 35.6 Å². The van der Waals surface area contributed by atoms with Crippen molar-refractivity contribution in [3.8, 4) is 6.07 Å². The molecule has 1 aromatic heterocycles. The number of hydrogen-bond donors (Lipinski definition) is 1. The molecule has 3 rings (SSSR count). The molecule has 108 valence electrons. The van der Waals surface area contributed by atoms with Gasteiger partial charge in [-0.2, -0.15) is 5.26 Å². The molecule has 0 amide bonds. The number of nitriles is 1. The van der Waals surface area contributed by atoms with E-state index in [4.69, 9.17) is 5.26 Å². The first-order valence-corrected chi connectivity index (χ1v) is 8.50. The number of rotatable bonds is 5. The highest BCUT2D eigenvalue weighted by Crippen LogP contribution is 2.37. The van der Waals surface area contributed by atoms with Crippen LogP contribution in [-0.4, -0.2) is 0 Å². The summed E-state index contributed by atoms with van der Waals surface area (Å²) in [6.45, 7) is 0.866. The lowest BCUT2D eigenvalue weighted by atomic mass is 9.96. The van der Waals surface area contributed by atoms with Crippen LogP contribution in [0.1, 0.15) is 47.7 Å². The van der Waals surface area contributed by atoms with Gasteiger partial charge in [0.1, 0.15) is 0 Å². The molecule has 1 heterocycles. The summed E-state index contributed by atoms with van der Waals surface area (Å²) in [4.78, 5) is 1.45. The monoisotopic (exact) mass is 296 g/mol. The van der Waals surface area contributed by atoms with Crippen LogP contribution >= 0.6 is 11.3 Å². The van der Waals surface area contributed by atoms with Crippen molar-refractivity contribution in [1.29, 1.82) is 5.26 Å². The summed E-state index contributed by atoms with van der Waals surface area (Å²) in [6.07, 6.45) is 5.40. The van der Waals surface area contributed by atoms with Crippen molar-refractivity contribution >= 4 is 11.3 Å². The van der Waals surface area contributed by atoms with Crippen LogP contribution in [0.4, 0.5) is 0 Å². The quantitative estimate of drug-likeness (QED) is 0.872. The van der Waals surface area contributed by atoms with E-state index in [0.29, 0.717) is 6.04 Å². The van der Waals surface area contributed by atoms with Crippen LogP contribution in [0.15, 0.2) is 41.8 Å². The second kappa shape index (κ2) is 6.89. The third-order valence-corrected chi connectivity index (χ3v) is 5.29. The summed E-state index contributed by atoms with van der Waals surface area (Å²) < 4.78 is 0. The highest BCUT2D eigenvalue weighted by atomic mass is 32.1. The van der Waals surface area contributed by atoms with E-state index < -0.39 is 0 Å². The number of thiophene rings is 1. The summed E-state index contributed by atoms with van der Waals surface area (Å²) in [5.74, 6) is 0.766. The van der Waals surface area contributed by atoms with Gasteiger partial charge in [0.25, 0.3) is 0 Å². The third kappa shape index (κ3) is 3.53. The van der Waals surface area contributed by atoms with Gasteiger partial charge in [0.2, 0.25) is 0 Å². The molecule has 0 aliphatic heterocycles. The maximum absolute atomic E-state index is 8.85. The van der Waals surface area contributed by atoms with Crippen LogP contribution < -0.4 is 5.32 Å². The normalized spacial score (nSPS) is 16.7. The second-order valence-corrected chi connectivity index (χ2v) is 6.71. The Bertz CT molecular complexity index is 589. The molecule has 0 saturated heterocycles. The largest absolute Gasteiger partial charge is 0.305 e. The minimum Gasteiger partial charge on any atom is -0.305 e. The summed E-state index contributed by atoms with van der Waals surface area (Å²) in [5.41, 5.74) is 1.97. The van der Waals surface area contributed by atoms with Gasteiger partial charge in [0.05, 0.1) is 11.6 Å². The first-order chi connectivity index (χ1) is 10.4. The molecule has 1 aromatic carbocycles. The third-order valence-electron chi connectivity index (χ3n) is 4.33. The zero-order valence-electron chi connectivity index (χ0n) is 12.1. The number of nitrogens with one attached hydrogen (secondary N) is 1. The van der Waals surface area contributed by atoms with E-state index in [-0.39, 0.29) is 0 Å². The molecule has 1 unspecified atom stereocenters. The molecule has 0 radical (unpaired) electrons. The summed E-state index contributed by atoms with van der Waals surface area (Å²) in [6, 6.07) is 14.9. The molecular weight excluding hydrogens is 276 g/mol. The lowest BCUT2D eigenvalue weighted by Crippen LogP contribution is -2.26. The van der Waals surface area contributed by atoms with Crippen molar-refractivity contribution in [2.24, 2.45) is 5.92 Å². The first kappa shape index (κ1) is 14.3. The van der Waals surface area contributed by atoms with Crippen LogP contribution in [0.2, 0.25) is 0 Å². The van der Waals surface area contributed by atoms with E-state index in [2.05, 4.69) is 28.9 Å². The van der Waals surface area contributed by atoms with Crippen molar-refractivity contribution in [2.45, 2.75) is 38.3 Å². The van der Waals surface area contributed by atoms with Crippen molar-refractivity contribution in [2.75, 3.05) is 0 Å². The van der Waals surface area contributed by atoms with E-state index >= 15 is 0 Å². The molecule has 1 fully saturated rings. The lowest BCUT2D eigenvalue weighted by molar-refractivity contribution is 0.371. The van der Waals surface area contributed by atoms with Gasteiger partial charge >= 0.3 is 0 Å². The summed E-state index contributed by atoms with van der Waals surface area (Å²) in [7, 11) is 0. The molecule has 2 aromatic rings. The molecule has 1 atom stereocenters. The lowest BCUT2D eigenvalue weighted by Gasteiger charge is -2.24. The second-order valence-electron chi connectivity index (χ2n) is 5.73. The highest BCUT2D eigenvalue weighted by Gasteiger charge is 2.26. The minimum atomic E-state index is 0.475. The van der Waals surface area contributed by atoms with Crippen LogP contribution in [0.25, 0.3) is 0 Å². The topological polar surface area (TPSA) is 35.8 Å². The average Bonchev–Trinajstić information content (AvgIpc) is 3.22. The Balaban J connectivity index is 1.68. The molecule has 0 spiro atoms. The predicted octanol–water partition coefficient (Wildman–Crippen LogP) is 4.64. The predicted molar refractivity (Wildman–Crippen MR) is 87.0 cm³/mol. The molecule has 21 heavy (non-hydrogen) atoms. The van der Waals surface area contributed by atoms with Crippen molar-refractivity contribution in [3.63, 3.8) is 0 Å². The highest BCUT2D eigenvalue weighted by molar-refractivity contribution is 7.10. The average molecular weight is 296 g/mol. The fourth-order valence-electron chi connectivity index (χ4n) is 3.18. The van der Waals surface area contributed by atoms with Gasteiger partial charge in [-0.3, -0.25) is 0 Å². The van der Waals surface area contributed by atoms with Crippen molar-refractivity contribution in [3.05, 3.63) is 57.8 Å². The van der Waals surface area contributed by atoms with Crippen LogP contribution in [0, 0.1) is 17.2 Å². The zero-order valence-corrected chi connectivity index (χ0v) is 12.9. The smallest absolute Gasteiger partial charge is 0.0991 e. The van der Waals surface area contributed by atoms with Gasteiger partial charge in [-0.1, -0.05) is 31.0 Å². The Hall–Kier alpha value is -1.63. The van der Waals surface area contributed by atoms with Gasteiger partial charge in [0, 0.05) is 17.5 Å². The number of benzene rings is 1. The molecule has 1 N–H and O–H groups in total. The standard InChI is InChI=1S/C18H20N2S/c19-12-14-7-9-15(10-8-14)13-20-18(16-4-1-2-5-16)17-6-3-11-21-17/h3,6-11,16,18,20H,1-2,4-5,13H2. The van der Waals surface area contributed by atoms with Crippen molar-refractivity contribution in [1.82, 2.24) is 5.32 Å². The molecule has 1 aliphatic rings. The van der Waals surface area contributed by atoms with Gasteiger partial charge < -0.3 is 5.32 Å². The van der Waals surface area contributed by atoms with E-state index in [1.165, 1.54) is 36.1 Å². The van der Waals surface area contributed by atoms with Crippen LogP contribution in [-0.2, 0) is 6.54 Å². The van der Waals surface area contributed by atoms with Crippen LogP contribution in [0.3, 0.4) is 0 Å². The summed E-state index contributed by atoms with van der Waals surface area (Å²) in [5, 5.41) is 14.8. The Morgan fingerprint density at radius 1 is 1.19 bits per heavy atom. The molecule has 3 heteroatoms. The van der Waals surface area contributed by atoms with Gasteiger partial charge in [-0.25, -0.2) is 0 Å². The summed E-state index contributed by atoms with van der Waals surface area (Å²) >= 11 is 1.85. The number of hydrogen-bond acceptors (Lipinski definition) is 3. The van der Waals surface area contributed by atoms with E-state index in [1.54, 1.807) is 0 Å². The van der Waals surface area contributed by atoms with Crippen LogP contribution in [0.5, 0.6) is 0 Å². The maximum atomic E-state index is 8.85. The molecular formula is C18H20N2S. The molecule has 1 aliphatic carbocycles. The van der Waals surface area contributed by atoms with E-state index in [9.17, 15) is 0 Å². The first-order valence-electron chi connectivity index (χ1n) is 7.62. The van der Waals surface area contributed by atoms with Gasteiger partial charge in [-0.15, -0.1) is 11.3 Å². The molecule has 1 saturated carbocycles. The Labute approximate surface area is 130 Å². The minimum absolute atomic E-state index is 0.475. The Morgan fingerprint density at radius 2 is 1.95 bits per heavy atom. The number of nitrogens with zero attached hydrogens (tertiary/aromatic N) is 1.